The zero-order valence-electron chi connectivity index (χ0n) is 62.0. The van der Waals surface area contributed by atoms with E-state index in [4.69, 9.17) is 37.0 Å². The van der Waals surface area contributed by atoms with E-state index < -0.39 is 97.5 Å². The normalized spacial score (nSPS) is 14.4. The first-order chi connectivity index (χ1) is 47.7. The fourth-order valence-electron chi connectivity index (χ4n) is 10.5. The molecule has 0 aliphatic carbocycles. The molecule has 19 heteroatoms. The molecule has 5 atom stereocenters. The van der Waals surface area contributed by atoms with Gasteiger partial charge in [0, 0.05) is 25.7 Å². The van der Waals surface area contributed by atoms with Crippen molar-refractivity contribution in [1.29, 1.82) is 0 Å². The number of carbonyl (C=O) groups is 4. The molecule has 0 aromatic rings. The van der Waals surface area contributed by atoms with E-state index in [1.165, 1.54) is 116 Å². The van der Waals surface area contributed by atoms with E-state index in [0.29, 0.717) is 32.1 Å². The summed E-state index contributed by atoms with van der Waals surface area (Å²) in [6, 6.07) is 0. The number of hydrogen-bond acceptors (Lipinski definition) is 15. The second kappa shape index (κ2) is 71.6. The molecular weight excluding hydrogens is 1280 g/mol. The van der Waals surface area contributed by atoms with Crippen LogP contribution in [0, 0.1) is 0 Å². The van der Waals surface area contributed by atoms with Crippen LogP contribution in [0.2, 0.25) is 0 Å². The number of phosphoric acid groups is 2. The van der Waals surface area contributed by atoms with Crippen LogP contribution < -0.4 is 0 Å². The van der Waals surface area contributed by atoms with Crippen molar-refractivity contribution >= 4 is 39.5 Å². The molecule has 0 aliphatic heterocycles. The van der Waals surface area contributed by atoms with Crippen LogP contribution in [0.5, 0.6) is 0 Å². The predicted octanol–water partition coefficient (Wildman–Crippen LogP) is 22.2. The summed E-state index contributed by atoms with van der Waals surface area (Å²) in [5.41, 5.74) is 0. The Morgan fingerprint density at radius 1 is 0.296 bits per heavy atom. The number of aliphatic hydroxyl groups excluding tert-OH is 1. The Kier molecular flexibility index (Phi) is 68.9. The standard InChI is InChI=1S/C79H140O17P2/c1-5-9-13-17-21-25-29-33-35-36-38-41-44-48-52-56-60-64-77(82)90-70-75(96-79(84)66-62-58-54-50-46-42-37-34-30-26-22-18-14-10-6-2)72-94-98(87,88)92-68-73(80)67-91-97(85,86)93-71-74(95-78(83)65-61-57-53-49-45-40-32-28-24-20-16-12-8-4)69-89-76(81)63-59-55-51-47-43-39-31-27-23-19-15-11-7-3/h9,13,15,19,21,25,27,31,33,35,38,41,48,52,73-75,80H,5-8,10-12,14,16-18,20,22-24,26,28-30,32,34,36-37,39-40,42-47,49-51,53-72H2,1-4H3,(H,85,86)(H,87,88)/b13-9-,19-15-,25-21-,31-27-,35-33-,41-38-,52-48-. The van der Waals surface area contributed by atoms with Crippen LogP contribution in [-0.4, -0.2) is 96.7 Å². The minimum Gasteiger partial charge on any atom is -0.462 e. The van der Waals surface area contributed by atoms with E-state index in [-0.39, 0.29) is 25.7 Å². The molecule has 0 spiro atoms. The number of phosphoric ester groups is 2. The molecule has 0 fully saturated rings. The molecule has 0 radical (unpaired) electrons. The van der Waals surface area contributed by atoms with E-state index in [0.717, 1.165) is 135 Å². The summed E-state index contributed by atoms with van der Waals surface area (Å²) < 4.78 is 68.4. The minimum atomic E-state index is -4.98. The molecule has 0 rings (SSSR count). The zero-order valence-corrected chi connectivity index (χ0v) is 63.7. The molecule has 0 amide bonds. The van der Waals surface area contributed by atoms with Gasteiger partial charge >= 0.3 is 39.5 Å². The second-order valence-electron chi connectivity index (χ2n) is 25.9. The van der Waals surface area contributed by atoms with Crippen molar-refractivity contribution < 1.29 is 80.2 Å². The number of unbranched alkanes of at least 4 members (excludes halogenated alkanes) is 33. The Hall–Kier alpha value is -3.76. The third kappa shape index (κ3) is 70.7. The van der Waals surface area contributed by atoms with Gasteiger partial charge in [-0.1, -0.05) is 305 Å². The Balaban J connectivity index is 5.37. The van der Waals surface area contributed by atoms with Crippen LogP contribution >= 0.6 is 15.6 Å². The van der Waals surface area contributed by atoms with Crippen LogP contribution in [0.25, 0.3) is 0 Å². The van der Waals surface area contributed by atoms with Crippen molar-refractivity contribution in [1.82, 2.24) is 0 Å². The maximum atomic E-state index is 13.1. The third-order valence-electron chi connectivity index (χ3n) is 16.4. The number of carbonyl (C=O) groups excluding carboxylic acids is 4. The van der Waals surface area contributed by atoms with Gasteiger partial charge in [0.15, 0.2) is 12.2 Å². The van der Waals surface area contributed by atoms with Crippen molar-refractivity contribution in [2.75, 3.05) is 39.6 Å². The van der Waals surface area contributed by atoms with Crippen LogP contribution in [0.4, 0.5) is 0 Å². The Morgan fingerprint density at radius 2 is 0.561 bits per heavy atom. The van der Waals surface area contributed by atoms with Crippen molar-refractivity contribution in [2.24, 2.45) is 0 Å². The maximum absolute atomic E-state index is 13.1. The van der Waals surface area contributed by atoms with Crippen molar-refractivity contribution in [3.63, 3.8) is 0 Å². The molecule has 17 nitrogen and oxygen atoms in total. The third-order valence-corrected chi connectivity index (χ3v) is 18.3. The van der Waals surface area contributed by atoms with Crippen molar-refractivity contribution in [3.05, 3.63) is 85.1 Å². The first kappa shape index (κ1) is 94.2. The summed E-state index contributed by atoms with van der Waals surface area (Å²) in [6.45, 7) is 4.66. The molecule has 0 saturated carbocycles. The summed E-state index contributed by atoms with van der Waals surface area (Å²) in [7, 11) is -9.96. The highest BCUT2D eigenvalue weighted by atomic mass is 31.2. The van der Waals surface area contributed by atoms with Gasteiger partial charge in [0.2, 0.25) is 0 Å². The van der Waals surface area contributed by atoms with Gasteiger partial charge in [0.05, 0.1) is 26.4 Å². The molecular formula is C79H140O17P2. The second-order valence-corrected chi connectivity index (χ2v) is 28.8. The lowest BCUT2D eigenvalue weighted by Crippen LogP contribution is -2.30. The van der Waals surface area contributed by atoms with Crippen LogP contribution in [0.1, 0.15) is 336 Å². The first-order valence-corrected chi connectivity index (χ1v) is 41.8. The lowest BCUT2D eigenvalue weighted by Gasteiger charge is -2.21. The molecule has 5 unspecified atom stereocenters. The van der Waals surface area contributed by atoms with Crippen LogP contribution in [-0.2, 0) is 65.4 Å². The van der Waals surface area contributed by atoms with Gasteiger partial charge in [0.25, 0.3) is 0 Å². The molecule has 0 aromatic carbocycles. The van der Waals surface area contributed by atoms with Crippen molar-refractivity contribution in [2.45, 2.75) is 354 Å². The highest BCUT2D eigenvalue weighted by Crippen LogP contribution is 2.45. The Labute approximate surface area is 595 Å². The molecule has 0 bridgehead atoms. The van der Waals surface area contributed by atoms with E-state index in [9.17, 15) is 43.2 Å². The van der Waals surface area contributed by atoms with Gasteiger partial charge in [-0.25, -0.2) is 9.13 Å². The molecule has 3 N–H and O–H groups in total. The molecule has 0 heterocycles. The quantitative estimate of drug-likeness (QED) is 0.0169. The SMILES string of the molecule is CC/C=C\C/C=C\C/C=C\C/C=C\C/C=C\CCCC(=O)OCC(COP(=O)(O)OCC(O)COP(=O)(O)OCC(COC(=O)CCCCCCC/C=C\C/C=C\CCC)OC(=O)CCCCCCCCCCCCCCC)OC(=O)CCCCCCCCCCCCCCCCC. The molecule has 0 saturated heterocycles. The number of ether oxygens (including phenoxy) is 4. The number of esters is 4. The molecule has 568 valence electrons. The summed E-state index contributed by atoms with van der Waals surface area (Å²) in [5.74, 6) is -2.23. The highest BCUT2D eigenvalue weighted by molar-refractivity contribution is 7.47. The fraction of sp³-hybridized carbons (Fsp3) is 0.772. The van der Waals surface area contributed by atoms with Gasteiger partial charge in [-0.05, 0) is 89.9 Å². The largest absolute Gasteiger partial charge is 0.472 e. The first-order valence-electron chi connectivity index (χ1n) is 38.8. The van der Waals surface area contributed by atoms with Gasteiger partial charge in [-0.15, -0.1) is 0 Å². The highest BCUT2D eigenvalue weighted by Gasteiger charge is 2.30. The molecule has 98 heavy (non-hydrogen) atoms. The van der Waals surface area contributed by atoms with Crippen molar-refractivity contribution in [3.8, 4) is 0 Å². The van der Waals surface area contributed by atoms with Gasteiger partial charge in [-0.3, -0.25) is 37.3 Å². The lowest BCUT2D eigenvalue weighted by molar-refractivity contribution is -0.161. The number of aliphatic hydroxyl groups is 1. The minimum absolute atomic E-state index is 0.0860. The lowest BCUT2D eigenvalue weighted by atomic mass is 10.0. The van der Waals surface area contributed by atoms with E-state index in [1.54, 1.807) is 0 Å². The number of rotatable bonds is 73. The summed E-state index contributed by atoms with van der Waals surface area (Å²) >= 11 is 0. The summed E-state index contributed by atoms with van der Waals surface area (Å²) in [4.78, 5) is 72.8. The maximum Gasteiger partial charge on any atom is 0.472 e. The average molecular weight is 1420 g/mol. The Morgan fingerprint density at radius 3 is 0.898 bits per heavy atom. The van der Waals surface area contributed by atoms with Gasteiger partial charge < -0.3 is 33.8 Å². The Bertz CT molecular complexity index is 2190. The molecule has 0 aliphatic rings. The number of hydrogen-bond donors (Lipinski definition) is 3. The summed E-state index contributed by atoms with van der Waals surface area (Å²) in [6.07, 6.45) is 72.9. The topological polar surface area (TPSA) is 237 Å². The monoisotopic (exact) mass is 1420 g/mol. The fourth-order valence-corrected chi connectivity index (χ4v) is 12.1. The van der Waals surface area contributed by atoms with E-state index >= 15 is 0 Å². The van der Waals surface area contributed by atoms with Crippen LogP contribution in [0.15, 0.2) is 85.1 Å². The van der Waals surface area contributed by atoms with Gasteiger partial charge in [-0.2, -0.15) is 0 Å². The van der Waals surface area contributed by atoms with Crippen LogP contribution in [0.3, 0.4) is 0 Å². The van der Waals surface area contributed by atoms with Gasteiger partial charge in [0.1, 0.15) is 19.3 Å². The zero-order chi connectivity index (χ0) is 71.8. The average Bonchev–Trinajstić information content (AvgIpc) is 1.05. The summed E-state index contributed by atoms with van der Waals surface area (Å²) in [5, 5.41) is 10.6. The van der Waals surface area contributed by atoms with E-state index in [2.05, 4.69) is 101 Å². The number of allylic oxidation sites excluding steroid dienone is 14. The predicted molar refractivity (Wildman–Crippen MR) is 399 cm³/mol. The smallest absolute Gasteiger partial charge is 0.462 e. The van der Waals surface area contributed by atoms with E-state index in [1.807, 2.05) is 12.2 Å². The molecule has 0 aromatic heterocycles.